The highest BCUT2D eigenvalue weighted by Crippen LogP contribution is 2.43. The maximum Gasteiger partial charge on any atom is 0.290 e. The number of benzene rings is 2. The van der Waals surface area contributed by atoms with Crippen molar-refractivity contribution in [2.75, 3.05) is 38.7 Å². The van der Waals surface area contributed by atoms with E-state index >= 15 is 0 Å². The number of rotatable bonds is 2. The molecule has 1 saturated heterocycles. The van der Waals surface area contributed by atoms with Crippen LogP contribution in [0.3, 0.4) is 0 Å². The monoisotopic (exact) mass is 435 g/mol. The first-order valence-electron chi connectivity index (χ1n) is 10.9. The number of nitrogens with zero attached hydrogens (tertiary/aromatic N) is 2. The molecule has 0 unspecified atom stereocenters. The molecule has 3 heterocycles. The molecular formula is C25H29N3O4. The molecule has 168 valence electrons. The van der Waals surface area contributed by atoms with E-state index in [0.717, 1.165) is 37.1 Å². The number of aromatic nitrogens is 1. The van der Waals surface area contributed by atoms with Crippen LogP contribution in [0.25, 0.3) is 10.9 Å². The van der Waals surface area contributed by atoms with Crippen molar-refractivity contribution >= 4 is 29.0 Å². The minimum Gasteiger partial charge on any atom is -0.483 e. The summed E-state index contributed by atoms with van der Waals surface area (Å²) in [5.41, 5.74) is 5.36. The maximum absolute atomic E-state index is 13.0. The third-order valence-corrected chi connectivity index (χ3v) is 6.49. The van der Waals surface area contributed by atoms with Gasteiger partial charge in [0.25, 0.3) is 12.4 Å². The molecular weight excluding hydrogens is 406 g/mol. The number of anilines is 1. The van der Waals surface area contributed by atoms with Gasteiger partial charge < -0.3 is 24.6 Å². The number of aromatic amines is 1. The Labute approximate surface area is 187 Å². The normalized spacial score (nSPS) is 16.8. The van der Waals surface area contributed by atoms with Crippen molar-refractivity contribution in [2.24, 2.45) is 0 Å². The Balaban J connectivity index is 0.000000775. The molecule has 2 aliphatic rings. The van der Waals surface area contributed by atoms with Gasteiger partial charge in [-0.15, -0.1) is 0 Å². The summed E-state index contributed by atoms with van der Waals surface area (Å²) in [5.74, 6) is 0.109. The van der Waals surface area contributed by atoms with Gasteiger partial charge in [-0.2, -0.15) is 0 Å². The quantitative estimate of drug-likeness (QED) is 0.601. The number of fused-ring (bicyclic) bond motifs is 4. The van der Waals surface area contributed by atoms with Crippen LogP contribution >= 0.6 is 0 Å². The number of amides is 1. The number of carbonyl (C=O) groups excluding carboxylic acids is 1. The van der Waals surface area contributed by atoms with Crippen molar-refractivity contribution in [2.45, 2.75) is 24.9 Å². The molecule has 7 heteroatoms. The lowest BCUT2D eigenvalue weighted by Gasteiger charge is -2.43. The fourth-order valence-electron chi connectivity index (χ4n) is 4.82. The number of ether oxygens (including phenoxy) is 1. The first-order chi connectivity index (χ1) is 15.5. The highest BCUT2D eigenvalue weighted by atomic mass is 16.5. The van der Waals surface area contributed by atoms with Crippen LogP contribution in [0.5, 0.6) is 0 Å². The molecule has 2 aromatic carbocycles. The molecule has 3 aromatic rings. The standard InChI is InChI=1S/C24H27N3O2.CH2O2/c1-26(2)18-9-7-17(8-10-18)23(28)27-14-12-24(13-15-27)22-20(11-16-29-24)19-5-3-4-6-21(19)25-22;2-1-3/h3-10,25H,11-16H2,1-2H3;1H,(H,2,3). The number of hydrogen-bond donors (Lipinski definition) is 2. The van der Waals surface area contributed by atoms with Gasteiger partial charge in [-0.3, -0.25) is 9.59 Å². The number of para-hydroxylation sites is 1. The Bertz CT molecular complexity index is 1100. The predicted octanol–water partition coefficient (Wildman–Crippen LogP) is 3.64. The SMILES string of the molecule is CN(C)c1ccc(C(=O)N2CCC3(CC2)OCCc2c3[nH]c3ccccc23)cc1.O=CO. The Hall–Kier alpha value is -3.32. The second-order valence-corrected chi connectivity index (χ2v) is 8.46. The summed E-state index contributed by atoms with van der Waals surface area (Å²) in [7, 11) is 4.01. The highest BCUT2D eigenvalue weighted by Gasteiger charge is 2.43. The van der Waals surface area contributed by atoms with Crippen molar-refractivity contribution < 1.29 is 19.4 Å². The Morgan fingerprint density at radius 3 is 2.44 bits per heavy atom. The number of carboxylic acid groups (broad SMARTS) is 1. The molecule has 0 bridgehead atoms. The number of hydrogen-bond acceptors (Lipinski definition) is 4. The first kappa shape index (κ1) is 21.9. The molecule has 32 heavy (non-hydrogen) atoms. The second-order valence-electron chi connectivity index (χ2n) is 8.46. The number of carbonyl (C=O) groups is 2. The van der Waals surface area contributed by atoms with Gasteiger partial charge in [0.15, 0.2) is 0 Å². The van der Waals surface area contributed by atoms with E-state index in [2.05, 4.69) is 29.2 Å². The highest BCUT2D eigenvalue weighted by molar-refractivity contribution is 5.94. The summed E-state index contributed by atoms with van der Waals surface area (Å²) in [6.45, 7) is 1.92. The van der Waals surface area contributed by atoms with Gasteiger partial charge in [0.05, 0.1) is 12.3 Å². The average Bonchev–Trinajstić information content (AvgIpc) is 3.20. The van der Waals surface area contributed by atoms with Crippen molar-refractivity contribution in [3.8, 4) is 0 Å². The van der Waals surface area contributed by atoms with E-state index in [1.807, 2.05) is 48.2 Å². The molecule has 0 saturated carbocycles. The molecule has 7 nitrogen and oxygen atoms in total. The number of piperidine rings is 1. The average molecular weight is 436 g/mol. The van der Waals surface area contributed by atoms with Crippen LogP contribution in [-0.4, -0.2) is 61.2 Å². The Morgan fingerprint density at radius 1 is 1.12 bits per heavy atom. The van der Waals surface area contributed by atoms with Crippen molar-refractivity contribution in [1.82, 2.24) is 9.88 Å². The van der Waals surface area contributed by atoms with Gasteiger partial charge >= 0.3 is 0 Å². The van der Waals surface area contributed by atoms with E-state index in [0.29, 0.717) is 13.1 Å². The van der Waals surface area contributed by atoms with Crippen LogP contribution in [0.1, 0.15) is 34.5 Å². The minimum atomic E-state index is -0.293. The van der Waals surface area contributed by atoms with Crippen molar-refractivity contribution in [3.05, 3.63) is 65.4 Å². The lowest BCUT2D eigenvalue weighted by atomic mass is 9.83. The summed E-state index contributed by atoms with van der Waals surface area (Å²) in [6, 6.07) is 16.3. The fraction of sp³-hybridized carbons (Fsp3) is 0.360. The van der Waals surface area contributed by atoms with Gasteiger partial charge in [-0.25, -0.2) is 0 Å². The van der Waals surface area contributed by atoms with Gasteiger partial charge in [-0.1, -0.05) is 18.2 Å². The summed E-state index contributed by atoms with van der Waals surface area (Å²) in [5, 5.41) is 8.20. The molecule has 0 aliphatic carbocycles. The van der Waals surface area contributed by atoms with Crippen LogP contribution in [0.4, 0.5) is 5.69 Å². The van der Waals surface area contributed by atoms with Crippen LogP contribution in [-0.2, 0) is 21.6 Å². The zero-order valence-corrected chi connectivity index (χ0v) is 18.5. The van der Waals surface area contributed by atoms with Gasteiger partial charge in [0.2, 0.25) is 0 Å². The van der Waals surface area contributed by atoms with Gasteiger partial charge in [0, 0.05) is 49.3 Å². The van der Waals surface area contributed by atoms with E-state index in [1.165, 1.54) is 22.2 Å². The summed E-state index contributed by atoms with van der Waals surface area (Å²) < 4.78 is 6.36. The zero-order chi connectivity index (χ0) is 22.7. The van der Waals surface area contributed by atoms with E-state index < -0.39 is 0 Å². The maximum atomic E-state index is 13.0. The lowest BCUT2D eigenvalue weighted by molar-refractivity contribution is -0.122. The first-order valence-corrected chi connectivity index (χ1v) is 10.9. The third kappa shape index (κ3) is 3.96. The molecule has 1 fully saturated rings. The Kier molecular flexibility index (Phi) is 6.19. The van der Waals surface area contributed by atoms with E-state index in [4.69, 9.17) is 14.6 Å². The lowest BCUT2D eigenvalue weighted by Crippen LogP contribution is -2.48. The van der Waals surface area contributed by atoms with Crippen LogP contribution < -0.4 is 4.90 Å². The zero-order valence-electron chi connectivity index (χ0n) is 18.5. The van der Waals surface area contributed by atoms with Crippen molar-refractivity contribution in [3.63, 3.8) is 0 Å². The van der Waals surface area contributed by atoms with Crippen LogP contribution in [0, 0.1) is 0 Å². The number of H-pyrrole nitrogens is 1. The molecule has 0 radical (unpaired) electrons. The molecule has 0 atom stereocenters. The fourth-order valence-corrected chi connectivity index (χ4v) is 4.82. The molecule has 1 spiro atoms. The second kappa shape index (κ2) is 9.04. The minimum absolute atomic E-state index is 0.109. The molecule has 5 rings (SSSR count). The summed E-state index contributed by atoms with van der Waals surface area (Å²) in [4.78, 5) is 29.0. The predicted molar refractivity (Wildman–Crippen MR) is 124 cm³/mol. The molecule has 2 N–H and O–H groups in total. The topological polar surface area (TPSA) is 85.9 Å². The molecule has 1 amide bonds. The van der Waals surface area contributed by atoms with E-state index in [1.54, 1.807) is 0 Å². The summed E-state index contributed by atoms with van der Waals surface area (Å²) >= 11 is 0. The van der Waals surface area contributed by atoms with Gasteiger partial charge in [-0.05, 0) is 55.2 Å². The smallest absolute Gasteiger partial charge is 0.290 e. The van der Waals surface area contributed by atoms with Crippen LogP contribution in [0.2, 0.25) is 0 Å². The Morgan fingerprint density at radius 2 is 1.78 bits per heavy atom. The van der Waals surface area contributed by atoms with Crippen LogP contribution in [0.15, 0.2) is 48.5 Å². The number of likely N-dealkylation sites (tertiary alicyclic amines) is 1. The van der Waals surface area contributed by atoms with Gasteiger partial charge in [0.1, 0.15) is 5.60 Å². The molecule has 1 aromatic heterocycles. The molecule has 2 aliphatic heterocycles. The number of nitrogens with one attached hydrogen (secondary N) is 1. The third-order valence-electron chi connectivity index (χ3n) is 6.49. The van der Waals surface area contributed by atoms with Crippen molar-refractivity contribution in [1.29, 1.82) is 0 Å². The van der Waals surface area contributed by atoms with E-state index in [9.17, 15) is 4.79 Å². The van der Waals surface area contributed by atoms with E-state index in [-0.39, 0.29) is 18.0 Å². The largest absolute Gasteiger partial charge is 0.483 e. The summed E-state index contributed by atoms with van der Waals surface area (Å²) in [6.07, 6.45) is 2.60.